The molecule has 0 unspecified atom stereocenters. The molecule has 0 bridgehead atoms. The minimum atomic E-state index is -0.391. The lowest BCUT2D eigenvalue weighted by molar-refractivity contribution is 0.628. The van der Waals surface area contributed by atoms with Gasteiger partial charge in [-0.1, -0.05) is 29.3 Å². The highest BCUT2D eigenvalue weighted by Crippen LogP contribution is 2.23. The molecule has 2 N–H and O–H groups in total. The Kier molecular flexibility index (Phi) is 4.81. The molecule has 0 aliphatic carbocycles. The first-order valence-electron chi connectivity index (χ1n) is 5.75. The Morgan fingerprint density at radius 1 is 1.05 bits per heavy atom. The molecule has 20 heavy (non-hydrogen) atoms. The third kappa shape index (κ3) is 3.82. The largest absolute Gasteiger partial charge is 0.332 e. The maximum atomic E-state index is 13.1. The molecule has 2 nitrogen and oxygen atoms in total. The Morgan fingerprint density at radius 2 is 1.80 bits per heavy atom. The lowest BCUT2D eigenvalue weighted by Gasteiger charge is -2.12. The minimum absolute atomic E-state index is 0.303. The van der Waals surface area contributed by atoms with Crippen molar-refractivity contribution in [3.63, 3.8) is 0 Å². The average molecular weight is 329 g/mol. The van der Waals surface area contributed by atoms with E-state index in [4.69, 9.17) is 35.4 Å². The van der Waals surface area contributed by atoms with E-state index in [-0.39, 0.29) is 0 Å². The standard InChI is InChI=1S/C14H11Cl2FN2S/c1-8-2-4-10(7-12(8)16)18-14(20)19-13-6-9(17)3-5-11(13)15/h2-7H,1H3,(H2,18,19,20). The molecule has 0 spiro atoms. The molecule has 6 heteroatoms. The highest BCUT2D eigenvalue weighted by Gasteiger charge is 2.05. The Labute approximate surface area is 131 Å². The highest BCUT2D eigenvalue weighted by atomic mass is 35.5. The van der Waals surface area contributed by atoms with Crippen LogP contribution < -0.4 is 10.6 Å². The van der Waals surface area contributed by atoms with Gasteiger partial charge in [0.25, 0.3) is 0 Å². The van der Waals surface area contributed by atoms with Gasteiger partial charge in [0.2, 0.25) is 0 Å². The van der Waals surface area contributed by atoms with Crippen molar-refractivity contribution < 1.29 is 4.39 Å². The SMILES string of the molecule is Cc1ccc(NC(=S)Nc2cc(F)ccc2Cl)cc1Cl. The van der Waals surface area contributed by atoms with Gasteiger partial charge < -0.3 is 10.6 Å². The topological polar surface area (TPSA) is 24.1 Å². The third-order valence-corrected chi connectivity index (χ3v) is 3.55. The summed E-state index contributed by atoms with van der Waals surface area (Å²) in [4.78, 5) is 0. The molecule has 0 radical (unpaired) electrons. The minimum Gasteiger partial charge on any atom is -0.332 e. The summed E-state index contributed by atoms with van der Waals surface area (Å²) in [7, 11) is 0. The predicted molar refractivity (Wildman–Crippen MR) is 87.4 cm³/mol. The highest BCUT2D eigenvalue weighted by molar-refractivity contribution is 7.80. The van der Waals surface area contributed by atoms with Crippen LogP contribution in [0.15, 0.2) is 36.4 Å². The van der Waals surface area contributed by atoms with Gasteiger partial charge in [-0.15, -0.1) is 0 Å². The van der Waals surface area contributed by atoms with Crippen LogP contribution in [0.4, 0.5) is 15.8 Å². The van der Waals surface area contributed by atoms with E-state index in [0.29, 0.717) is 20.8 Å². The van der Waals surface area contributed by atoms with E-state index in [1.807, 2.05) is 19.1 Å². The van der Waals surface area contributed by atoms with E-state index in [0.717, 1.165) is 11.3 Å². The Balaban J connectivity index is 2.09. The molecule has 2 aromatic carbocycles. The molecule has 104 valence electrons. The van der Waals surface area contributed by atoms with Crippen molar-refractivity contribution in [2.75, 3.05) is 10.6 Å². The van der Waals surface area contributed by atoms with Crippen LogP contribution in [0.5, 0.6) is 0 Å². The first-order valence-corrected chi connectivity index (χ1v) is 6.91. The van der Waals surface area contributed by atoms with Crippen LogP contribution in [-0.4, -0.2) is 5.11 Å². The molecule has 0 fully saturated rings. The lowest BCUT2D eigenvalue weighted by Crippen LogP contribution is -2.19. The van der Waals surface area contributed by atoms with Crippen molar-refractivity contribution in [2.24, 2.45) is 0 Å². The number of anilines is 2. The lowest BCUT2D eigenvalue weighted by atomic mass is 10.2. The number of halogens is 3. The van der Waals surface area contributed by atoms with Gasteiger partial charge in [0.15, 0.2) is 5.11 Å². The summed E-state index contributed by atoms with van der Waals surface area (Å²) in [6, 6.07) is 9.51. The van der Waals surface area contributed by atoms with Crippen LogP contribution in [0.3, 0.4) is 0 Å². The van der Waals surface area contributed by atoms with E-state index >= 15 is 0 Å². The van der Waals surface area contributed by atoms with Crippen LogP contribution in [0.25, 0.3) is 0 Å². The maximum absolute atomic E-state index is 13.1. The van der Waals surface area contributed by atoms with Crippen LogP contribution in [-0.2, 0) is 0 Å². The first kappa shape index (κ1) is 15.0. The van der Waals surface area contributed by atoms with Crippen molar-refractivity contribution in [1.82, 2.24) is 0 Å². The van der Waals surface area contributed by atoms with E-state index in [9.17, 15) is 4.39 Å². The van der Waals surface area contributed by atoms with Gasteiger partial charge in [0.1, 0.15) is 5.82 Å². The quantitative estimate of drug-likeness (QED) is 0.736. The molecule has 0 aliphatic heterocycles. The number of hydrogen-bond acceptors (Lipinski definition) is 1. The maximum Gasteiger partial charge on any atom is 0.175 e. The van der Waals surface area contributed by atoms with Gasteiger partial charge >= 0.3 is 0 Å². The Morgan fingerprint density at radius 3 is 2.50 bits per heavy atom. The van der Waals surface area contributed by atoms with Gasteiger partial charge in [0, 0.05) is 10.7 Å². The fourth-order valence-corrected chi connectivity index (χ4v) is 2.12. The molecule has 0 aliphatic rings. The van der Waals surface area contributed by atoms with E-state index < -0.39 is 5.82 Å². The molecule has 0 saturated heterocycles. The molecule has 0 aromatic heterocycles. The molecule has 0 heterocycles. The fraction of sp³-hybridized carbons (Fsp3) is 0.0714. The monoisotopic (exact) mass is 328 g/mol. The third-order valence-electron chi connectivity index (χ3n) is 2.61. The van der Waals surface area contributed by atoms with Crippen molar-refractivity contribution in [3.8, 4) is 0 Å². The molecular weight excluding hydrogens is 318 g/mol. The summed E-state index contributed by atoms with van der Waals surface area (Å²) in [5.41, 5.74) is 2.12. The predicted octanol–water partition coefficient (Wildman–Crippen LogP) is 5.25. The van der Waals surface area contributed by atoms with Crippen molar-refractivity contribution in [3.05, 3.63) is 57.8 Å². The summed E-state index contributed by atoms with van der Waals surface area (Å²) >= 11 is 17.1. The number of benzene rings is 2. The summed E-state index contributed by atoms with van der Waals surface area (Å²) in [5, 5.41) is 7.13. The average Bonchev–Trinajstić information content (AvgIpc) is 2.38. The van der Waals surface area contributed by atoms with Gasteiger partial charge in [-0.05, 0) is 55.0 Å². The van der Waals surface area contributed by atoms with Crippen LogP contribution in [0.2, 0.25) is 10.0 Å². The second kappa shape index (κ2) is 6.39. The van der Waals surface area contributed by atoms with Gasteiger partial charge in [-0.25, -0.2) is 4.39 Å². The number of nitrogens with one attached hydrogen (secondary N) is 2. The van der Waals surface area contributed by atoms with Crippen molar-refractivity contribution in [2.45, 2.75) is 6.92 Å². The molecule has 0 amide bonds. The second-order valence-corrected chi connectivity index (χ2v) is 5.39. The van der Waals surface area contributed by atoms with E-state index in [1.54, 1.807) is 6.07 Å². The molecule has 2 rings (SSSR count). The summed E-state index contributed by atoms with van der Waals surface area (Å²) in [6.45, 7) is 1.91. The zero-order chi connectivity index (χ0) is 14.7. The van der Waals surface area contributed by atoms with Crippen molar-refractivity contribution >= 4 is 51.9 Å². The molecule has 2 aromatic rings. The fourth-order valence-electron chi connectivity index (χ4n) is 1.55. The number of rotatable bonds is 2. The molecular formula is C14H11Cl2FN2S. The van der Waals surface area contributed by atoms with Crippen LogP contribution >= 0.6 is 35.4 Å². The normalized spacial score (nSPS) is 10.2. The van der Waals surface area contributed by atoms with Crippen LogP contribution in [0.1, 0.15) is 5.56 Å². The van der Waals surface area contributed by atoms with Gasteiger partial charge in [-0.2, -0.15) is 0 Å². The van der Waals surface area contributed by atoms with Crippen molar-refractivity contribution in [1.29, 1.82) is 0 Å². The Hall–Kier alpha value is -1.36. The summed E-state index contributed by atoms with van der Waals surface area (Å²) in [6.07, 6.45) is 0. The number of aryl methyl sites for hydroxylation is 1. The number of hydrogen-bond donors (Lipinski definition) is 2. The van der Waals surface area contributed by atoms with E-state index in [2.05, 4.69) is 10.6 Å². The smallest absolute Gasteiger partial charge is 0.175 e. The first-order chi connectivity index (χ1) is 9.45. The molecule has 0 atom stereocenters. The number of thiocarbonyl (C=S) groups is 1. The summed E-state index contributed by atoms with van der Waals surface area (Å²) < 4.78 is 13.1. The van der Waals surface area contributed by atoms with Gasteiger partial charge in [0.05, 0.1) is 10.7 Å². The zero-order valence-corrected chi connectivity index (χ0v) is 12.8. The zero-order valence-electron chi connectivity index (χ0n) is 10.5. The molecule has 0 saturated carbocycles. The Bertz CT molecular complexity index is 662. The second-order valence-electron chi connectivity index (χ2n) is 4.17. The van der Waals surface area contributed by atoms with Gasteiger partial charge in [-0.3, -0.25) is 0 Å². The van der Waals surface area contributed by atoms with E-state index in [1.165, 1.54) is 18.2 Å². The summed E-state index contributed by atoms with van der Waals surface area (Å²) in [5.74, 6) is -0.391. The van der Waals surface area contributed by atoms with Crippen LogP contribution in [0, 0.1) is 12.7 Å².